The summed E-state index contributed by atoms with van der Waals surface area (Å²) in [5, 5.41) is 44.8. The number of nitrogens with two attached hydrogens (primary N) is 1. The summed E-state index contributed by atoms with van der Waals surface area (Å²) in [4.78, 5) is 152. The number of phenolic OH excluding ortho intramolecular Hbond substituents is 2. The molecule has 4 aromatic rings. The Morgan fingerprint density at radius 2 is 1.50 bits per heavy atom. The summed E-state index contributed by atoms with van der Waals surface area (Å²) in [5.41, 5.74) is 2.97. The molecule has 0 radical (unpaired) electrons. The van der Waals surface area contributed by atoms with Gasteiger partial charge >= 0.3 is 18.2 Å². The lowest BCUT2D eigenvalue weighted by molar-refractivity contribution is -0.256. The van der Waals surface area contributed by atoms with Crippen LogP contribution in [0, 0.1) is 11.8 Å². The number of primary amides is 1. The molecule has 32 heteroatoms. The molecule has 4 aromatic carbocycles. The SMILES string of the molecule is COc1cccc2c1C(=O)c1c(O)c3c(c(O)c1C2=O)C[C@@](O)(C(=O)COC(=O)N(C)CCN(C)C(=O)OCc1ccc(NC(=O)[C@H](CCCNC(N)=O)CC(=O)[C@@H](NC(=O)COCCOc2ccc(N4C(=O)C(C)=C(C)C4=O)cc2)C(C)C)cc1)C[C@@H]3O[C@H]1C[C@H]2C(O[C@@H]3[C@@H](OC)OCCN32)[C@H](C)O1. The lowest BCUT2D eigenvalue weighted by Crippen LogP contribution is -2.55. The summed E-state index contributed by atoms with van der Waals surface area (Å²) in [6.45, 7) is 7.60. The first-order valence-electron chi connectivity index (χ1n) is 34.4. The average Bonchev–Trinajstić information content (AvgIpc) is 1.56. The van der Waals surface area contributed by atoms with Gasteiger partial charge in [0.25, 0.3) is 11.8 Å². The van der Waals surface area contributed by atoms with E-state index in [2.05, 4.69) is 20.9 Å². The van der Waals surface area contributed by atoms with Gasteiger partial charge in [0.2, 0.25) is 23.4 Å². The third kappa shape index (κ3) is 17.1. The third-order valence-electron chi connectivity index (χ3n) is 19.6. The van der Waals surface area contributed by atoms with Crippen molar-refractivity contribution in [3.63, 3.8) is 0 Å². The number of carbonyl (C=O) groups is 11. The highest BCUT2D eigenvalue weighted by Crippen LogP contribution is 2.53. The molecule has 4 aliphatic heterocycles. The number of amides is 8. The number of anilines is 2. The summed E-state index contributed by atoms with van der Waals surface area (Å²) in [5.74, 6) is -7.37. The molecule has 8 amide bonds. The van der Waals surface area contributed by atoms with Crippen molar-refractivity contribution in [2.24, 2.45) is 17.6 Å². The van der Waals surface area contributed by atoms with E-state index in [9.17, 15) is 68.1 Å². The van der Waals surface area contributed by atoms with Gasteiger partial charge in [-0.2, -0.15) is 0 Å². The standard InChI is InChI=1S/C73H88N8O24/c1-37(2)59(77-53(84)36-98-28-29-99-45-21-19-44(20-22-45)81-66(90)38(3)39(4)67(81)91)49(82)30-42(12-11-23-75-70(74)92)65(89)76-43-17-15-41(16-18-43)34-101-71(93)78(6)24-25-79(7)72(94)102-35-52(83)73(95)32-47-56(63(88)58-57(61(47)86)60(85)46-13-10-14-50(96-8)55(46)62(58)87)51(33-73)104-54-31-48-64(40(5)103-54)105-68-69(97-9)100-27-26-80(48)68/h10,13-22,37,40,42,48,51,54,59,64,68-69,86,88,95H,11-12,23-36H2,1-9H3,(H,76,89)(H,77,84)(H3,74,75,92)/t40-,42+,48-,51-,54-,59-,64?,68+,69-,73-/m0/s1. The van der Waals surface area contributed by atoms with E-state index in [0.717, 1.165) is 9.80 Å². The topological polar surface area (TPSA) is 416 Å². The smallest absolute Gasteiger partial charge is 0.409 e. The molecule has 1 unspecified atom stereocenters. The van der Waals surface area contributed by atoms with Crippen LogP contribution in [0.2, 0.25) is 0 Å². The Bertz CT molecular complexity index is 4030. The minimum Gasteiger partial charge on any atom is -0.507 e. The van der Waals surface area contributed by atoms with Crippen LogP contribution in [0.1, 0.15) is 121 Å². The van der Waals surface area contributed by atoms with E-state index < -0.39 is 168 Å². The van der Waals surface area contributed by atoms with Gasteiger partial charge in [-0.3, -0.25) is 43.3 Å². The summed E-state index contributed by atoms with van der Waals surface area (Å²) in [6.07, 6.45) is -7.70. The molecule has 564 valence electrons. The molecule has 0 saturated carbocycles. The van der Waals surface area contributed by atoms with Gasteiger partial charge in [0.1, 0.15) is 54.5 Å². The highest BCUT2D eigenvalue weighted by Gasteiger charge is 2.56. The number of morpholine rings is 1. The van der Waals surface area contributed by atoms with Crippen molar-refractivity contribution in [2.75, 3.05) is 97.7 Å². The molecule has 0 bridgehead atoms. The van der Waals surface area contributed by atoms with Gasteiger partial charge in [-0.1, -0.05) is 38.1 Å². The van der Waals surface area contributed by atoms with Gasteiger partial charge < -0.3 is 94.2 Å². The van der Waals surface area contributed by atoms with Gasteiger partial charge in [-0.15, -0.1) is 0 Å². The Morgan fingerprint density at radius 3 is 2.15 bits per heavy atom. The molecule has 0 aromatic heterocycles. The number of aromatic hydroxyl groups is 2. The first kappa shape index (κ1) is 77.7. The first-order valence-corrected chi connectivity index (χ1v) is 34.4. The zero-order chi connectivity index (χ0) is 75.9. The Hall–Kier alpha value is -9.93. The fraction of sp³-hybridized carbons (Fsp3) is 0.493. The van der Waals surface area contributed by atoms with Crippen molar-refractivity contribution >= 4 is 76.4 Å². The minimum absolute atomic E-state index is 0.000229. The van der Waals surface area contributed by atoms with Crippen LogP contribution in [0.4, 0.5) is 25.8 Å². The second kappa shape index (κ2) is 33.5. The van der Waals surface area contributed by atoms with Gasteiger partial charge in [0.15, 0.2) is 37.0 Å². The van der Waals surface area contributed by atoms with Crippen LogP contribution < -0.4 is 36.1 Å². The van der Waals surface area contributed by atoms with E-state index in [-0.39, 0.29) is 105 Å². The number of urea groups is 1. The highest BCUT2D eigenvalue weighted by molar-refractivity contribution is 6.33. The second-order valence-electron chi connectivity index (χ2n) is 26.9. The number of benzene rings is 4. The molecular formula is C73H88N8O24. The van der Waals surface area contributed by atoms with Crippen LogP contribution in [0.15, 0.2) is 77.9 Å². The Labute approximate surface area is 604 Å². The summed E-state index contributed by atoms with van der Waals surface area (Å²) >= 11 is 0. The number of likely N-dealkylation sites (N-methyl/N-ethyl adjacent to an activating group) is 2. The zero-order valence-electron chi connectivity index (χ0n) is 59.7. The molecule has 0 spiro atoms. The van der Waals surface area contributed by atoms with E-state index in [0.29, 0.717) is 47.0 Å². The fourth-order valence-corrected chi connectivity index (χ4v) is 13.7. The summed E-state index contributed by atoms with van der Waals surface area (Å²) < 4.78 is 58.2. The van der Waals surface area contributed by atoms with E-state index in [1.165, 1.54) is 51.4 Å². The van der Waals surface area contributed by atoms with Gasteiger partial charge in [-0.25, -0.2) is 19.3 Å². The maximum atomic E-state index is 14.4. The van der Waals surface area contributed by atoms with Crippen molar-refractivity contribution in [3.05, 3.63) is 117 Å². The van der Waals surface area contributed by atoms with Gasteiger partial charge in [0.05, 0.1) is 61.0 Å². The predicted molar refractivity (Wildman–Crippen MR) is 369 cm³/mol. The number of hydrogen-bond donors (Lipinski definition) is 7. The minimum atomic E-state index is -2.49. The molecule has 105 heavy (non-hydrogen) atoms. The predicted octanol–water partition coefficient (Wildman–Crippen LogP) is 4.46. The molecule has 2 aliphatic carbocycles. The zero-order valence-corrected chi connectivity index (χ0v) is 59.7. The number of ether oxygens (including phenoxy) is 10. The maximum absolute atomic E-state index is 14.4. The van der Waals surface area contributed by atoms with E-state index in [1.54, 1.807) is 83.1 Å². The Balaban J connectivity index is 0.696. The number of fused-ring (bicyclic) bond motifs is 6. The number of phenols is 2. The first-order chi connectivity index (χ1) is 50.0. The molecule has 3 saturated heterocycles. The highest BCUT2D eigenvalue weighted by atomic mass is 16.7. The lowest BCUT2D eigenvalue weighted by Gasteiger charge is -2.43. The molecule has 3 fully saturated rings. The Kier molecular flexibility index (Phi) is 24.7. The molecular weight excluding hydrogens is 1370 g/mol. The Morgan fingerprint density at radius 1 is 0.819 bits per heavy atom. The van der Waals surface area contributed by atoms with Crippen molar-refractivity contribution in [2.45, 2.75) is 135 Å². The number of nitrogens with one attached hydrogen (secondary N) is 3. The van der Waals surface area contributed by atoms with Crippen molar-refractivity contribution in [1.29, 1.82) is 0 Å². The lowest BCUT2D eigenvalue weighted by atomic mass is 9.72. The maximum Gasteiger partial charge on any atom is 0.409 e. The molecule has 10 rings (SSSR count). The van der Waals surface area contributed by atoms with Crippen LogP contribution in [0.5, 0.6) is 23.0 Å². The van der Waals surface area contributed by atoms with Crippen molar-refractivity contribution < 1.29 is 115 Å². The number of carbonyl (C=O) groups excluding carboxylic acids is 11. The fourth-order valence-electron chi connectivity index (χ4n) is 13.7. The van der Waals surface area contributed by atoms with Crippen LogP contribution in [0.25, 0.3) is 0 Å². The van der Waals surface area contributed by atoms with Crippen molar-refractivity contribution in [1.82, 2.24) is 25.3 Å². The number of Topliss-reactive ketones (excluding diaryl/α,β-unsaturated/α-hetero) is 2. The van der Waals surface area contributed by atoms with Gasteiger partial charge in [-0.05, 0) is 87.6 Å². The number of ketones is 4. The van der Waals surface area contributed by atoms with E-state index in [4.69, 9.17) is 53.1 Å². The summed E-state index contributed by atoms with van der Waals surface area (Å²) in [6, 6.07) is 14.9. The van der Waals surface area contributed by atoms with Crippen LogP contribution in [0.3, 0.4) is 0 Å². The number of nitrogens with zero attached hydrogens (tertiary/aromatic N) is 4. The molecule has 32 nitrogen and oxygen atoms in total. The molecule has 8 N–H and O–H groups in total. The quantitative estimate of drug-likeness (QED) is 0.0189. The van der Waals surface area contributed by atoms with Crippen LogP contribution in [-0.2, 0) is 79.7 Å². The number of aliphatic hydroxyl groups is 1. The molecule has 10 atom stereocenters. The van der Waals surface area contributed by atoms with E-state index in [1.807, 2.05) is 0 Å². The number of rotatable bonds is 30. The second-order valence-corrected chi connectivity index (χ2v) is 26.9. The number of methoxy groups -OCH3 is 2. The van der Waals surface area contributed by atoms with E-state index >= 15 is 0 Å². The normalized spacial score (nSPS) is 22.4. The number of hydrogen-bond acceptors (Lipinski definition) is 25. The molecule has 6 aliphatic rings. The van der Waals surface area contributed by atoms with Gasteiger partial charge in [0, 0.05) is 119 Å². The monoisotopic (exact) mass is 1460 g/mol. The van der Waals surface area contributed by atoms with Crippen LogP contribution in [-0.4, -0.2) is 231 Å². The average molecular weight is 1460 g/mol. The third-order valence-corrected chi connectivity index (χ3v) is 19.6. The number of imide groups is 1. The van der Waals surface area contributed by atoms with Crippen molar-refractivity contribution in [3.8, 4) is 23.0 Å². The summed E-state index contributed by atoms with van der Waals surface area (Å²) in [7, 11) is 5.57. The largest absolute Gasteiger partial charge is 0.507 e. The molecule has 4 heterocycles. The van der Waals surface area contributed by atoms with Crippen LogP contribution >= 0.6 is 0 Å².